The van der Waals surface area contributed by atoms with Crippen LogP contribution in [0.3, 0.4) is 0 Å². The highest BCUT2D eigenvalue weighted by molar-refractivity contribution is 6.39. The molecule has 1 aromatic rings. The molecule has 4 aliphatic rings. The number of fused-ring (bicyclic) bond motifs is 2. The molecule has 0 spiro atoms. The van der Waals surface area contributed by atoms with E-state index in [1.807, 2.05) is 48.6 Å². The van der Waals surface area contributed by atoms with E-state index in [1.54, 1.807) is 0 Å². The predicted octanol–water partition coefficient (Wildman–Crippen LogP) is 1.88. The van der Waals surface area contributed by atoms with Crippen molar-refractivity contribution in [1.29, 1.82) is 0 Å². The molecule has 0 aromatic heterocycles. The van der Waals surface area contributed by atoms with Crippen molar-refractivity contribution in [3.05, 3.63) is 41.7 Å². The number of rotatable bonds is 4. The SMILES string of the molecule is CC#CCN1C2=CN(CC3=Nc4ccccc4CO3)N=CC2=NC1N1CCCC(N)C1. The van der Waals surface area contributed by atoms with E-state index in [4.69, 9.17) is 15.5 Å². The lowest BCUT2D eigenvalue weighted by molar-refractivity contribution is 0.0693. The Morgan fingerprint density at radius 3 is 3.06 bits per heavy atom. The van der Waals surface area contributed by atoms with Gasteiger partial charge in [-0.2, -0.15) is 5.10 Å². The Bertz CT molecular complexity index is 1030. The molecule has 0 saturated carbocycles. The molecule has 160 valence electrons. The quantitative estimate of drug-likeness (QED) is 0.757. The molecule has 2 atom stereocenters. The fourth-order valence-corrected chi connectivity index (χ4v) is 4.31. The fraction of sp³-hybridized carbons (Fsp3) is 0.435. The Hall–Kier alpha value is -3.15. The summed E-state index contributed by atoms with van der Waals surface area (Å²) in [5.74, 6) is 6.87. The van der Waals surface area contributed by atoms with Crippen LogP contribution in [0, 0.1) is 11.8 Å². The van der Waals surface area contributed by atoms with E-state index >= 15 is 0 Å². The summed E-state index contributed by atoms with van der Waals surface area (Å²) in [6.45, 7) is 5.31. The van der Waals surface area contributed by atoms with Crippen molar-refractivity contribution < 1.29 is 4.74 Å². The number of aliphatic imine (C=N–C) groups is 2. The number of benzene rings is 1. The lowest BCUT2D eigenvalue weighted by Gasteiger charge is -2.38. The number of hydrazone groups is 1. The first-order valence-electron chi connectivity index (χ1n) is 10.8. The van der Waals surface area contributed by atoms with Gasteiger partial charge in [-0.05, 0) is 25.8 Å². The van der Waals surface area contributed by atoms with E-state index in [9.17, 15) is 0 Å². The van der Waals surface area contributed by atoms with Crippen LogP contribution < -0.4 is 5.73 Å². The summed E-state index contributed by atoms with van der Waals surface area (Å²) >= 11 is 0. The molecule has 4 heterocycles. The van der Waals surface area contributed by atoms with Crippen LogP contribution in [0.15, 0.2) is 51.2 Å². The third-order valence-electron chi connectivity index (χ3n) is 5.88. The topological polar surface area (TPSA) is 82.0 Å². The van der Waals surface area contributed by atoms with Gasteiger partial charge in [0.15, 0.2) is 6.29 Å². The van der Waals surface area contributed by atoms with Crippen LogP contribution in [0.1, 0.15) is 25.3 Å². The van der Waals surface area contributed by atoms with E-state index in [2.05, 4.69) is 31.7 Å². The van der Waals surface area contributed by atoms with Crippen LogP contribution in [0.25, 0.3) is 0 Å². The van der Waals surface area contributed by atoms with Gasteiger partial charge in [0.1, 0.15) is 18.9 Å². The van der Waals surface area contributed by atoms with Gasteiger partial charge in [-0.15, -0.1) is 5.92 Å². The zero-order valence-corrected chi connectivity index (χ0v) is 17.7. The molecular formula is C23H27N7O. The van der Waals surface area contributed by atoms with Gasteiger partial charge in [0.05, 0.1) is 24.1 Å². The summed E-state index contributed by atoms with van der Waals surface area (Å²) in [7, 11) is 0. The second-order valence-corrected chi connectivity index (χ2v) is 8.09. The first-order chi connectivity index (χ1) is 15.2. The molecule has 2 unspecified atom stereocenters. The lowest BCUT2D eigenvalue weighted by Crippen LogP contribution is -2.52. The minimum absolute atomic E-state index is 0.0880. The van der Waals surface area contributed by atoms with Crippen molar-refractivity contribution in [2.75, 3.05) is 26.2 Å². The largest absolute Gasteiger partial charge is 0.474 e. The molecular weight excluding hydrogens is 390 g/mol. The molecule has 0 amide bonds. The Labute approximate surface area is 182 Å². The molecule has 2 N–H and O–H groups in total. The predicted molar refractivity (Wildman–Crippen MR) is 122 cm³/mol. The van der Waals surface area contributed by atoms with Crippen LogP contribution in [0.2, 0.25) is 0 Å². The first kappa shape index (κ1) is 19.8. The van der Waals surface area contributed by atoms with Gasteiger partial charge in [0.2, 0.25) is 5.90 Å². The number of likely N-dealkylation sites (tertiary alicyclic amines) is 1. The van der Waals surface area contributed by atoms with Crippen molar-refractivity contribution in [2.45, 2.75) is 38.7 Å². The van der Waals surface area contributed by atoms with Crippen LogP contribution >= 0.6 is 0 Å². The van der Waals surface area contributed by atoms with Crippen molar-refractivity contribution in [2.24, 2.45) is 20.8 Å². The highest BCUT2D eigenvalue weighted by atomic mass is 16.5. The molecule has 8 nitrogen and oxygen atoms in total. The molecule has 0 aliphatic carbocycles. The summed E-state index contributed by atoms with van der Waals surface area (Å²) < 4.78 is 5.86. The van der Waals surface area contributed by atoms with Gasteiger partial charge in [-0.1, -0.05) is 24.1 Å². The molecule has 1 fully saturated rings. The molecule has 4 aliphatic heterocycles. The lowest BCUT2D eigenvalue weighted by atomic mass is 10.1. The molecule has 5 rings (SSSR count). The van der Waals surface area contributed by atoms with E-state index in [0.717, 1.165) is 48.6 Å². The fourth-order valence-electron chi connectivity index (χ4n) is 4.31. The highest BCUT2D eigenvalue weighted by Crippen LogP contribution is 2.28. The standard InChI is InChI=1S/C23H27N7O/c1-2-3-11-30-21-14-29(15-22-26-19-9-5-4-7-17(19)16-31-22)25-12-20(21)27-23(30)28-10-6-8-18(24)13-28/h4-5,7,9,12,14,18,23H,6,8,10-11,13,15-16,24H2,1H3. The Morgan fingerprint density at radius 2 is 2.19 bits per heavy atom. The Balaban J connectivity index is 1.36. The second-order valence-electron chi connectivity index (χ2n) is 8.09. The summed E-state index contributed by atoms with van der Waals surface area (Å²) in [6.07, 6.45) is 5.91. The third-order valence-corrected chi connectivity index (χ3v) is 5.88. The maximum atomic E-state index is 6.23. The minimum Gasteiger partial charge on any atom is -0.474 e. The number of nitrogens with two attached hydrogens (primary N) is 1. The maximum absolute atomic E-state index is 6.23. The minimum atomic E-state index is -0.0880. The van der Waals surface area contributed by atoms with Crippen LogP contribution in [-0.2, 0) is 11.3 Å². The zero-order valence-electron chi connectivity index (χ0n) is 17.7. The molecule has 0 bridgehead atoms. The van der Waals surface area contributed by atoms with E-state index in [1.165, 1.54) is 0 Å². The zero-order chi connectivity index (χ0) is 21.2. The first-order valence-corrected chi connectivity index (χ1v) is 10.8. The van der Waals surface area contributed by atoms with Crippen LogP contribution in [0.5, 0.6) is 0 Å². The molecule has 8 heteroatoms. The van der Waals surface area contributed by atoms with Gasteiger partial charge >= 0.3 is 0 Å². The van der Waals surface area contributed by atoms with Crippen molar-refractivity contribution in [3.63, 3.8) is 0 Å². The number of ether oxygens (including phenoxy) is 1. The Kier molecular flexibility index (Phi) is 5.45. The van der Waals surface area contributed by atoms with Crippen LogP contribution in [0.4, 0.5) is 5.69 Å². The van der Waals surface area contributed by atoms with E-state index in [0.29, 0.717) is 25.6 Å². The molecule has 31 heavy (non-hydrogen) atoms. The number of hydrogen-bond acceptors (Lipinski definition) is 8. The molecule has 1 aromatic carbocycles. The second kappa shape index (κ2) is 8.53. The number of piperidine rings is 1. The number of hydrogen-bond donors (Lipinski definition) is 1. The van der Waals surface area contributed by atoms with Gasteiger partial charge < -0.3 is 15.4 Å². The average molecular weight is 418 g/mol. The summed E-state index contributed by atoms with van der Waals surface area (Å²) in [5.41, 5.74) is 10.2. The molecule has 0 radical (unpaired) electrons. The summed E-state index contributed by atoms with van der Waals surface area (Å²) in [6, 6.07) is 8.24. The van der Waals surface area contributed by atoms with Crippen molar-refractivity contribution in [1.82, 2.24) is 14.8 Å². The van der Waals surface area contributed by atoms with E-state index in [-0.39, 0.29) is 12.3 Å². The van der Waals surface area contributed by atoms with Gasteiger partial charge in [-0.25, -0.2) is 9.98 Å². The van der Waals surface area contributed by atoms with Gasteiger partial charge in [0.25, 0.3) is 0 Å². The monoisotopic (exact) mass is 417 g/mol. The van der Waals surface area contributed by atoms with Gasteiger partial charge in [0, 0.05) is 30.9 Å². The number of nitrogens with zero attached hydrogens (tertiary/aromatic N) is 6. The summed E-state index contributed by atoms with van der Waals surface area (Å²) in [4.78, 5) is 14.2. The smallest absolute Gasteiger partial charge is 0.211 e. The third kappa shape index (κ3) is 4.07. The number of para-hydroxylation sites is 1. The average Bonchev–Trinajstić information content (AvgIpc) is 3.15. The Morgan fingerprint density at radius 1 is 1.29 bits per heavy atom. The van der Waals surface area contributed by atoms with Crippen molar-refractivity contribution >= 4 is 23.5 Å². The summed E-state index contributed by atoms with van der Waals surface area (Å²) in [5, 5.41) is 6.42. The maximum Gasteiger partial charge on any atom is 0.211 e. The van der Waals surface area contributed by atoms with E-state index < -0.39 is 0 Å². The van der Waals surface area contributed by atoms with Gasteiger partial charge in [-0.3, -0.25) is 9.91 Å². The highest BCUT2D eigenvalue weighted by Gasteiger charge is 2.37. The molecule has 1 saturated heterocycles. The number of allylic oxidation sites excluding steroid dienone is 1. The van der Waals surface area contributed by atoms with Crippen molar-refractivity contribution in [3.8, 4) is 11.8 Å². The normalized spacial score (nSPS) is 24.9. The van der Waals surface area contributed by atoms with Crippen LogP contribution in [-0.4, -0.2) is 71.1 Å².